The van der Waals surface area contributed by atoms with Gasteiger partial charge in [0, 0.05) is 10.9 Å². The van der Waals surface area contributed by atoms with Gasteiger partial charge in [0.2, 0.25) is 0 Å². The van der Waals surface area contributed by atoms with Crippen LogP contribution in [0.4, 0.5) is 0 Å². The minimum Gasteiger partial charge on any atom is -0.441 e. The Morgan fingerprint density at radius 3 is 3.07 bits per heavy atom. The average molecular weight is 210 g/mol. The Kier molecular flexibility index (Phi) is 2.11. The van der Waals surface area contributed by atoms with E-state index >= 15 is 0 Å². The molecule has 1 aliphatic heterocycles. The van der Waals surface area contributed by atoms with Crippen LogP contribution in [0.5, 0.6) is 0 Å². The number of thiophene rings is 1. The van der Waals surface area contributed by atoms with E-state index in [2.05, 4.69) is 16.3 Å². The minimum absolute atomic E-state index is 0.180. The summed E-state index contributed by atoms with van der Waals surface area (Å²) in [6.07, 6.45) is 4.09. The summed E-state index contributed by atoms with van der Waals surface area (Å²) in [6, 6.07) is 2.94. The van der Waals surface area contributed by atoms with Crippen molar-refractivity contribution in [1.82, 2.24) is 4.90 Å². The fourth-order valence-electron chi connectivity index (χ4n) is 2.61. The molecule has 1 saturated heterocycles. The van der Waals surface area contributed by atoms with Crippen LogP contribution >= 0.6 is 11.3 Å². The van der Waals surface area contributed by atoms with Crippen LogP contribution < -0.4 is 0 Å². The number of hydrogen-bond donors (Lipinski definition) is 0. The fourth-order valence-corrected chi connectivity index (χ4v) is 3.59. The predicted molar refractivity (Wildman–Crippen MR) is 59.0 cm³/mol. The first-order chi connectivity index (χ1) is 6.84. The molecule has 0 spiro atoms. The van der Waals surface area contributed by atoms with Crippen molar-refractivity contribution >= 4 is 11.3 Å². The highest BCUT2D eigenvalue weighted by molar-refractivity contribution is 7.10. The molecule has 1 atom stereocenters. The average Bonchev–Trinajstić information content (AvgIpc) is 2.60. The van der Waals surface area contributed by atoms with Crippen molar-refractivity contribution < 1.29 is 5.11 Å². The molecular formula is C11H16NOS+. The van der Waals surface area contributed by atoms with Crippen LogP contribution in [0.3, 0.4) is 0 Å². The molecule has 1 aliphatic carbocycles. The van der Waals surface area contributed by atoms with Gasteiger partial charge >= 0.3 is 0 Å². The molecule has 0 radical (unpaired) electrons. The number of nitrogens with zero attached hydrogens (tertiary/aromatic N) is 1. The molecule has 1 fully saturated rings. The zero-order chi connectivity index (χ0) is 9.54. The molecule has 2 nitrogen and oxygen atoms in total. The molecule has 14 heavy (non-hydrogen) atoms. The first-order valence-electron chi connectivity index (χ1n) is 5.36. The van der Waals surface area contributed by atoms with E-state index < -0.39 is 0 Å². The molecule has 1 aromatic heterocycles. The van der Waals surface area contributed by atoms with Crippen LogP contribution in [0.25, 0.3) is 0 Å². The van der Waals surface area contributed by atoms with Gasteiger partial charge in [-0.25, -0.2) is 0 Å². The number of likely N-dealkylation sites (tertiary alicyclic amines) is 1. The molecule has 0 aromatic carbocycles. The summed E-state index contributed by atoms with van der Waals surface area (Å²) in [6.45, 7) is 1.97. The third kappa shape index (κ3) is 1.31. The lowest BCUT2D eigenvalue weighted by atomic mass is 9.90. The van der Waals surface area contributed by atoms with E-state index in [0.29, 0.717) is 6.04 Å². The summed E-state index contributed by atoms with van der Waals surface area (Å²) in [7, 11) is 0. The van der Waals surface area contributed by atoms with E-state index in [4.69, 9.17) is 5.11 Å². The first kappa shape index (κ1) is 8.89. The summed E-state index contributed by atoms with van der Waals surface area (Å²) in [4.78, 5) is 4.07. The second-order valence-electron chi connectivity index (χ2n) is 4.36. The summed E-state index contributed by atoms with van der Waals surface area (Å²) >= 11 is 1.91. The van der Waals surface area contributed by atoms with Gasteiger partial charge in [0.15, 0.2) is 6.10 Å². The molecule has 0 saturated carbocycles. The van der Waals surface area contributed by atoms with E-state index in [-0.39, 0.29) is 6.10 Å². The second-order valence-corrected chi connectivity index (χ2v) is 5.36. The standard InChI is InChI=1S/C11H15NOS/c13-8-6-12(7-8)10-2-1-3-11-9(10)4-5-14-11/h4-5,8,10,13H,1-3,6-7H2/p+1. The third-order valence-electron chi connectivity index (χ3n) is 3.37. The molecule has 0 amide bonds. The highest BCUT2D eigenvalue weighted by Gasteiger charge is 2.36. The molecular weight excluding hydrogens is 194 g/mol. The number of fused-ring (bicyclic) bond motifs is 1. The predicted octanol–water partition coefficient (Wildman–Crippen LogP) is 1.53. The SMILES string of the molecule is [OH2+]C1CN(C2CCCc3sccc32)C1. The van der Waals surface area contributed by atoms with Crippen molar-refractivity contribution in [2.24, 2.45) is 0 Å². The maximum Gasteiger partial charge on any atom is 0.179 e. The summed E-state index contributed by atoms with van der Waals surface area (Å²) in [5.74, 6) is 0. The number of hydrogen-bond acceptors (Lipinski definition) is 2. The van der Waals surface area contributed by atoms with Crippen LogP contribution in [0.15, 0.2) is 11.4 Å². The van der Waals surface area contributed by atoms with E-state index in [0.717, 1.165) is 13.1 Å². The van der Waals surface area contributed by atoms with Gasteiger partial charge in [-0.1, -0.05) is 0 Å². The molecule has 3 heteroatoms. The van der Waals surface area contributed by atoms with Crippen LogP contribution in [-0.4, -0.2) is 29.2 Å². The van der Waals surface area contributed by atoms with Crippen molar-refractivity contribution in [2.75, 3.05) is 13.1 Å². The lowest BCUT2D eigenvalue weighted by Gasteiger charge is -2.41. The smallest absolute Gasteiger partial charge is 0.179 e. The topological polar surface area (TPSA) is 26.1 Å². The van der Waals surface area contributed by atoms with Gasteiger partial charge in [0.05, 0.1) is 13.1 Å². The van der Waals surface area contributed by atoms with E-state index in [1.807, 2.05) is 11.3 Å². The van der Waals surface area contributed by atoms with Gasteiger partial charge in [-0.05, 0) is 36.3 Å². The van der Waals surface area contributed by atoms with Crippen LogP contribution in [-0.2, 0) is 6.42 Å². The monoisotopic (exact) mass is 210 g/mol. The Morgan fingerprint density at radius 1 is 1.43 bits per heavy atom. The zero-order valence-electron chi connectivity index (χ0n) is 8.20. The van der Waals surface area contributed by atoms with Crippen molar-refractivity contribution in [1.29, 1.82) is 0 Å². The van der Waals surface area contributed by atoms with Gasteiger partial charge in [0.25, 0.3) is 0 Å². The largest absolute Gasteiger partial charge is 0.441 e. The van der Waals surface area contributed by atoms with Crippen LogP contribution in [0.1, 0.15) is 29.3 Å². The highest BCUT2D eigenvalue weighted by atomic mass is 32.1. The highest BCUT2D eigenvalue weighted by Crippen LogP contribution is 2.38. The molecule has 2 aliphatic rings. The third-order valence-corrected chi connectivity index (χ3v) is 4.37. The normalized spacial score (nSPS) is 28.5. The quantitative estimate of drug-likeness (QED) is 0.646. The molecule has 1 unspecified atom stereocenters. The van der Waals surface area contributed by atoms with E-state index in [1.54, 1.807) is 10.4 Å². The van der Waals surface area contributed by atoms with E-state index in [1.165, 1.54) is 19.3 Å². The van der Waals surface area contributed by atoms with Gasteiger partial charge in [-0.15, -0.1) is 11.3 Å². The zero-order valence-corrected chi connectivity index (χ0v) is 9.02. The fraction of sp³-hybridized carbons (Fsp3) is 0.636. The van der Waals surface area contributed by atoms with E-state index in [9.17, 15) is 0 Å². The summed E-state index contributed by atoms with van der Waals surface area (Å²) in [5, 5.41) is 9.79. The maximum absolute atomic E-state index is 7.57. The van der Waals surface area contributed by atoms with Crippen LogP contribution in [0, 0.1) is 0 Å². The first-order valence-corrected chi connectivity index (χ1v) is 6.24. The molecule has 2 N–H and O–H groups in total. The number of aryl methyl sites for hydroxylation is 1. The Labute approximate surface area is 88.2 Å². The maximum atomic E-state index is 7.57. The van der Waals surface area contributed by atoms with Gasteiger partial charge in [0.1, 0.15) is 0 Å². The van der Waals surface area contributed by atoms with Gasteiger partial charge < -0.3 is 5.11 Å². The Hall–Kier alpha value is -0.380. The van der Waals surface area contributed by atoms with Crippen molar-refractivity contribution in [3.63, 3.8) is 0 Å². The lowest BCUT2D eigenvalue weighted by Crippen LogP contribution is -2.52. The summed E-state index contributed by atoms with van der Waals surface area (Å²) in [5.41, 5.74) is 1.56. The molecule has 1 aromatic rings. The summed E-state index contributed by atoms with van der Waals surface area (Å²) < 4.78 is 0. The Morgan fingerprint density at radius 2 is 2.29 bits per heavy atom. The molecule has 2 heterocycles. The Bertz CT molecular complexity index is 330. The minimum atomic E-state index is 0.180. The number of rotatable bonds is 1. The molecule has 76 valence electrons. The van der Waals surface area contributed by atoms with Crippen molar-refractivity contribution in [3.8, 4) is 0 Å². The van der Waals surface area contributed by atoms with Gasteiger partial charge in [-0.3, -0.25) is 4.90 Å². The molecule has 0 bridgehead atoms. The van der Waals surface area contributed by atoms with Crippen LogP contribution in [0.2, 0.25) is 0 Å². The Balaban J connectivity index is 1.82. The second kappa shape index (κ2) is 3.33. The molecule has 3 rings (SSSR count). The van der Waals surface area contributed by atoms with Crippen molar-refractivity contribution in [3.05, 3.63) is 21.9 Å². The van der Waals surface area contributed by atoms with Crippen molar-refractivity contribution in [2.45, 2.75) is 31.4 Å². The van der Waals surface area contributed by atoms with Gasteiger partial charge in [-0.2, -0.15) is 0 Å². The lowest BCUT2D eigenvalue weighted by molar-refractivity contribution is -0.0293.